The molecule has 0 amide bonds. The first-order chi connectivity index (χ1) is 37.4. The van der Waals surface area contributed by atoms with E-state index in [1.165, 1.54) is 57.3 Å². The van der Waals surface area contributed by atoms with E-state index in [2.05, 4.69) is 150 Å². The molecular formula is C70H86N2O6. The third kappa shape index (κ3) is 14.0. The zero-order valence-electron chi connectivity index (χ0n) is 48.2. The normalized spacial score (nSPS) is 15.5. The number of esters is 1. The van der Waals surface area contributed by atoms with E-state index in [9.17, 15) is 19.8 Å². The summed E-state index contributed by atoms with van der Waals surface area (Å²) in [5.41, 5.74) is 16.4. The minimum Gasteiger partial charge on any atom is -0.481 e. The molecule has 0 unspecified atom stereocenters. The molecule has 2 aromatic heterocycles. The predicted molar refractivity (Wildman–Crippen MR) is 320 cm³/mol. The molecule has 412 valence electrons. The molecule has 4 aromatic carbocycles. The maximum Gasteiger partial charge on any atom is 0.310 e. The van der Waals surface area contributed by atoms with E-state index in [1.807, 2.05) is 43.3 Å². The average Bonchev–Trinajstić information content (AvgIpc) is 3.49. The van der Waals surface area contributed by atoms with Crippen molar-refractivity contribution in [2.24, 2.45) is 0 Å². The molecule has 0 aliphatic heterocycles. The molecule has 8 nitrogen and oxygen atoms in total. The first-order valence-electron chi connectivity index (χ1n) is 29.0. The lowest BCUT2D eigenvalue weighted by Crippen LogP contribution is -2.28. The van der Waals surface area contributed by atoms with Crippen LogP contribution >= 0.6 is 0 Å². The molecule has 2 aliphatic carbocycles. The number of carbonyl (C=O) groups is 2. The van der Waals surface area contributed by atoms with Crippen molar-refractivity contribution in [1.29, 1.82) is 0 Å². The molecule has 6 aromatic rings. The van der Waals surface area contributed by atoms with Gasteiger partial charge in [0, 0.05) is 34.4 Å². The van der Waals surface area contributed by atoms with Crippen LogP contribution in [0.15, 0.2) is 122 Å². The van der Waals surface area contributed by atoms with Gasteiger partial charge in [0.2, 0.25) is 0 Å². The molecule has 0 saturated heterocycles. The van der Waals surface area contributed by atoms with Gasteiger partial charge in [0.25, 0.3) is 0 Å². The van der Waals surface area contributed by atoms with Gasteiger partial charge in [0.15, 0.2) is 0 Å². The number of nitrogens with zero attached hydrogens (tertiary/aromatic N) is 2. The Hall–Kier alpha value is -6.48. The number of carbonyl (C=O) groups excluding carboxylic acids is 1. The number of aliphatic carboxylic acids is 1. The summed E-state index contributed by atoms with van der Waals surface area (Å²) in [6.07, 6.45) is 26.2. The molecule has 0 radical (unpaired) electrons. The van der Waals surface area contributed by atoms with Gasteiger partial charge in [-0.2, -0.15) is 0 Å². The van der Waals surface area contributed by atoms with Gasteiger partial charge in [-0.05, 0) is 165 Å². The van der Waals surface area contributed by atoms with Crippen molar-refractivity contribution >= 4 is 24.1 Å². The van der Waals surface area contributed by atoms with Gasteiger partial charge in [-0.25, -0.2) is 0 Å². The zero-order valence-corrected chi connectivity index (χ0v) is 48.2. The van der Waals surface area contributed by atoms with Gasteiger partial charge >= 0.3 is 11.9 Å². The number of hydrogen-bond acceptors (Lipinski definition) is 7. The number of aliphatic hydroxyl groups is 2. The van der Waals surface area contributed by atoms with E-state index in [0.29, 0.717) is 12.2 Å². The zero-order chi connectivity index (χ0) is 56.1. The van der Waals surface area contributed by atoms with Gasteiger partial charge in [0.05, 0.1) is 42.0 Å². The largest absolute Gasteiger partial charge is 0.481 e. The number of rotatable bonds is 19. The Balaban J connectivity index is 0.000000226. The quantitative estimate of drug-likeness (QED) is 0.0684. The van der Waals surface area contributed by atoms with Crippen LogP contribution in [0.5, 0.6) is 0 Å². The number of pyridine rings is 2. The average molecular weight is 1050 g/mol. The molecule has 0 atom stereocenters. The van der Waals surface area contributed by atoms with Crippen molar-refractivity contribution in [3.63, 3.8) is 0 Å². The first-order valence-corrected chi connectivity index (χ1v) is 29.0. The molecule has 2 heterocycles. The Morgan fingerprint density at radius 1 is 0.513 bits per heavy atom. The van der Waals surface area contributed by atoms with Gasteiger partial charge in [0.1, 0.15) is 0 Å². The summed E-state index contributed by atoms with van der Waals surface area (Å²) in [4.78, 5) is 32.0. The summed E-state index contributed by atoms with van der Waals surface area (Å²) >= 11 is 0. The maximum atomic E-state index is 11.8. The lowest BCUT2D eigenvalue weighted by molar-refractivity contribution is -0.142. The fourth-order valence-electron chi connectivity index (χ4n) is 12.4. The van der Waals surface area contributed by atoms with Gasteiger partial charge in [-0.15, -0.1) is 0 Å². The summed E-state index contributed by atoms with van der Waals surface area (Å²) in [5.74, 6) is -1.08. The second kappa shape index (κ2) is 26.4. The van der Waals surface area contributed by atoms with E-state index in [4.69, 9.17) is 9.84 Å². The highest BCUT2D eigenvalue weighted by atomic mass is 16.5. The van der Waals surface area contributed by atoms with Crippen LogP contribution in [-0.2, 0) is 38.0 Å². The van der Waals surface area contributed by atoms with Crippen LogP contribution < -0.4 is 0 Å². The molecule has 0 spiro atoms. The summed E-state index contributed by atoms with van der Waals surface area (Å²) in [6, 6.07) is 34.8. The van der Waals surface area contributed by atoms with Gasteiger partial charge in [-0.1, -0.05) is 175 Å². The van der Waals surface area contributed by atoms with Crippen molar-refractivity contribution in [3.8, 4) is 22.5 Å². The highest BCUT2D eigenvalue weighted by molar-refractivity contribution is 5.73. The van der Waals surface area contributed by atoms with Crippen LogP contribution in [0, 0.1) is 27.7 Å². The topological polar surface area (TPSA) is 130 Å². The summed E-state index contributed by atoms with van der Waals surface area (Å²) < 4.78 is 5.06. The molecule has 8 rings (SSSR count). The monoisotopic (exact) mass is 1050 g/mol. The van der Waals surface area contributed by atoms with Crippen molar-refractivity contribution in [3.05, 3.63) is 188 Å². The highest BCUT2D eigenvalue weighted by Crippen LogP contribution is 2.43. The first kappa shape index (κ1) is 59.2. The molecule has 78 heavy (non-hydrogen) atoms. The lowest BCUT2D eigenvalue weighted by atomic mass is 9.69. The van der Waals surface area contributed by atoms with Gasteiger partial charge in [-0.3, -0.25) is 19.6 Å². The van der Waals surface area contributed by atoms with E-state index in [1.54, 1.807) is 12.4 Å². The van der Waals surface area contributed by atoms with Crippen LogP contribution in [0.4, 0.5) is 0 Å². The molecule has 2 aliphatic rings. The second-order valence-corrected chi connectivity index (χ2v) is 22.4. The van der Waals surface area contributed by atoms with Crippen molar-refractivity contribution in [1.82, 2.24) is 9.97 Å². The van der Waals surface area contributed by atoms with Crippen LogP contribution in [0.2, 0.25) is 0 Å². The fraction of sp³-hybridized carbons (Fsp3) is 0.429. The van der Waals surface area contributed by atoms with E-state index in [-0.39, 0.29) is 29.6 Å². The van der Waals surface area contributed by atoms with Gasteiger partial charge < -0.3 is 20.1 Å². The Morgan fingerprint density at radius 3 is 1.21 bits per heavy atom. The van der Waals surface area contributed by atoms with Crippen molar-refractivity contribution in [2.75, 3.05) is 6.61 Å². The summed E-state index contributed by atoms with van der Waals surface area (Å²) in [7, 11) is 0. The molecule has 2 fully saturated rings. The summed E-state index contributed by atoms with van der Waals surface area (Å²) in [5, 5.41) is 30.8. The predicted octanol–water partition coefficient (Wildman–Crippen LogP) is 16.1. The number of hydrogen-bond donors (Lipinski definition) is 3. The Labute approximate surface area is 466 Å². The maximum absolute atomic E-state index is 11.8. The highest BCUT2D eigenvalue weighted by Gasteiger charge is 2.34. The Morgan fingerprint density at radius 2 is 0.885 bits per heavy atom. The van der Waals surface area contributed by atoms with Crippen LogP contribution in [-0.4, -0.2) is 55.0 Å². The lowest BCUT2D eigenvalue weighted by Gasteiger charge is -2.34. The number of carboxylic acid groups (broad SMARTS) is 1. The molecule has 3 N–H and O–H groups in total. The molecular weight excluding hydrogens is 965 g/mol. The third-order valence-electron chi connectivity index (χ3n) is 17.4. The molecule has 2 saturated carbocycles. The smallest absolute Gasteiger partial charge is 0.310 e. The summed E-state index contributed by atoms with van der Waals surface area (Å²) in [6.45, 7) is 19.9. The Kier molecular flexibility index (Phi) is 20.1. The number of ether oxygens (including phenoxy) is 1. The number of aromatic nitrogens is 2. The second-order valence-electron chi connectivity index (χ2n) is 22.4. The van der Waals surface area contributed by atoms with E-state index in [0.717, 1.165) is 116 Å². The van der Waals surface area contributed by atoms with Crippen LogP contribution in [0.1, 0.15) is 191 Å². The number of benzene rings is 4. The van der Waals surface area contributed by atoms with Crippen LogP contribution in [0.25, 0.3) is 34.7 Å². The minimum atomic E-state index is -0.851. The Bertz CT molecular complexity index is 3040. The fourth-order valence-corrected chi connectivity index (χ4v) is 12.4. The van der Waals surface area contributed by atoms with E-state index >= 15 is 0 Å². The number of aryl methyl sites for hydroxylation is 4. The van der Waals surface area contributed by atoms with Crippen LogP contribution in [0.3, 0.4) is 0 Å². The SMILES string of the molecule is CCC(CC)(c1ccc(/C=C/C2(O)CCCCC2)c(C)c1)c1ccc(-c2ccc(CC(=O)O)cn2)c(C)c1.CCOC(=O)Cc1ccc(-c2ccc(C(CC)(CC)c3ccc(/C=C/C4(O)CCCCC4)c(C)c3)cc2C)nc1. The third-order valence-corrected chi connectivity index (χ3v) is 17.4. The van der Waals surface area contributed by atoms with Crippen molar-refractivity contribution < 1.29 is 29.6 Å². The minimum absolute atomic E-state index is 0.0183. The molecule has 0 bridgehead atoms. The standard InChI is InChI=1S/C36H45NO3.C34H41NO3/c1-6-36(7-2,30-14-13-29(26(4)22-30)18-21-35(39)19-10-9-11-20-35)31-15-16-32(27(5)23-31)33-17-12-28(25-37-33)24-34(38)40-8-3;1-5-34(6-2,28-12-11-27(24(3)20-28)16-19-33(38)17-8-7-9-18-33)29-13-14-30(25(4)21-29)31-15-10-26(23-35-31)22-32(36)37/h12-18,21-23,25,39H,6-11,19-20,24H2,1-5H3;10-16,19-21,23,38H,5-9,17-18,22H2,1-4H3,(H,36,37)/b21-18+;19-16+. The number of carboxylic acids is 1. The van der Waals surface area contributed by atoms with Crippen molar-refractivity contribution in [2.45, 2.75) is 187 Å². The van der Waals surface area contributed by atoms with E-state index < -0.39 is 17.2 Å². The molecule has 8 heteroatoms.